The zero-order chi connectivity index (χ0) is 28.2. The molecule has 6 rings (SSSR count). The first-order valence-corrected chi connectivity index (χ1v) is 15.4. The van der Waals surface area contributed by atoms with Crippen molar-refractivity contribution >= 4 is 64.0 Å². The SMILES string of the molecule is CC(=O)c1c(C)n(S(=O)(=O)c2ccc3ccccc3c2)c2ccc(NS(=O)(=O)c3ccc4ccccc4c3)cc12. The average molecular weight is 569 g/mol. The van der Waals surface area contributed by atoms with Crippen molar-refractivity contribution in [1.29, 1.82) is 0 Å². The molecule has 0 radical (unpaired) electrons. The lowest BCUT2D eigenvalue weighted by atomic mass is 10.1. The van der Waals surface area contributed by atoms with Crippen molar-refractivity contribution < 1.29 is 21.6 Å². The van der Waals surface area contributed by atoms with Crippen LogP contribution >= 0.6 is 0 Å². The predicted octanol–water partition coefficient (Wildman–Crippen LogP) is 6.50. The van der Waals surface area contributed by atoms with Gasteiger partial charge in [-0.05, 0) is 77.9 Å². The van der Waals surface area contributed by atoms with Crippen molar-refractivity contribution in [3.05, 3.63) is 114 Å². The van der Waals surface area contributed by atoms with E-state index in [-0.39, 0.29) is 38.0 Å². The molecular weight excluding hydrogens is 544 g/mol. The van der Waals surface area contributed by atoms with Gasteiger partial charge in [0.25, 0.3) is 20.0 Å². The molecule has 0 aliphatic heterocycles. The Morgan fingerprint density at radius 2 is 1.23 bits per heavy atom. The van der Waals surface area contributed by atoms with Crippen LogP contribution in [0.1, 0.15) is 23.0 Å². The van der Waals surface area contributed by atoms with Crippen molar-refractivity contribution in [2.24, 2.45) is 0 Å². The maximum atomic E-state index is 13.9. The van der Waals surface area contributed by atoms with E-state index in [1.54, 1.807) is 37.3 Å². The normalized spacial score (nSPS) is 12.2. The largest absolute Gasteiger partial charge is 0.294 e. The van der Waals surface area contributed by atoms with Crippen molar-refractivity contribution in [2.45, 2.75) is 23.6 Å². The molecule has 0 fully saturated rings. The first kappa shape index (κ1) is 25.8. The van der Waals surface area contributed by atoms with Gasteiger partial charge in [0.1, 0.15) is 0 Å². The van der Waals surface area contributed by atoms with Crippen LogP contribution in [-0.4, -0.2) is 26.6 Å². The second kappa shape index (κ2) is 9.32. The molecule has 1 aromatic heterocycles. The van der Waals surface area contributed by atoms with E-state index in [1.165, 1.54) is 31.2 Å². The third kappa shape index (κ3) is 4.24. The second-order valence-corrected chi connectivity index (χ2v) is 13.1. The molecule has 40 heavy (non-hydrogen) atoms. The number of sulfonamides is 1. The lowest BCUT2D eigenvalue weighted by Gasteiger charge is -2.12. The van der Waals surface area contributed by atoms with E-state index >= 15 is 0 Å². The third-order valence-corrected chi connectivity index (χ3v) is 10.2. The Kier molecular flexibility index (Phi) is 6.01. The van der Waals surface area contributed by atoms with Crippen LogP contribution in [0.4, 0.5) is 5.69 Å². The van der Waals surface area contributed by atoms with Crippen molar-refractivity contribution in [3.63, 3.8) is 0 Å². The van der Waals surface area contributed by atoms with Crippen LogP contribution < -0.4 is 4.72 Å². The highest BCUT2D eigenvalue weighted by Crippen LogP contribution is 2.34. The van der Waals surface area contributed by atoms with Gasteiger partial charge in [-0.25, -0.2) is 20.8 Å². The number of nitrogens with zero attached hydrogens (tertiary/aromatic N) is 1. The van der Waals surface area contributed by atoms with Gasteiger partial charge in [0, 0.05) is 22.3 Å². The first-order valence-electron chi connectivity index (χ1n) is 12.5. The fraction of sp³-hybridized carbons (Fsp3) is 0.0645. The van der Waals surface area contributed by atoms with Gasteiger partial charge in [-0.2, -0.15) is 0 Å². The van der Waals surface area contributed by atoms with Crippen LogP contribution in [0.3, 0.4) is 0 Å². The van der Waals surface area contributed by atoms with E-state index < -0.39 is 20.0 Å². The molecule has 0 spiro atoms. The minimum atomic E-state index is -4.09. The Morgan fingerprint density at radius 3 is 1.82 bits per heavy atom. The highest BCUT2D eigenvalue weighted by molar-refractivity contribution is 7.92. The van der Waals surface area contributed by atoms with E-state index in [2.05, 4.69) is 4.72 Å². The molecule has 0 aliphatic rings. The summed E-state index contributed by atoms with van der Waals surface area (Å²) in [7, 11) is -8.05. The van der Waals surface area contributed by atoms with Crippen LogP contribution in [0.5, 0.6) is 0 Å². The summed E-state index contributed by atoms with van der Waals surface area (Å²) in [6.07, 6.45) is 0. The highest BCUT2D eigenvalue weighted by atomic mass is 32.2. The number of ketones is 1. The number of hydrogen-bond donors (Lipinski definition) is 1. The summed E-state index contributed by atoms with van der Waals surface area (Å²) in [6, 6.07) is 29.2. The van der Waals surface area contributed by atoms with Gasteiger partial charge < -0.3 is 0 Å². The number of anilines is 1. The number of hydrogen-bond acceptors (Lipinski definition) is 5. The van der Waals surface area contributed by atoms with Gasteiger partial charge in [-0.3, -0.25) is 9.52 Å². The summed E-state index contributed by atoms with van der Waals surface area (Å²) >= 11 is 0. The van der Waals surface area contributed by atoms with Crippen molar-refractivity contribution in [3.8, 4) is 0 Å². The number of aromatic nitrogens is 1. The number of benzene rings is 5. The molecule has 0 saturated heterocycles. The molecule has 1 N–H and O–H groups in total. The Bertz CT molecular complexity index is 2220. The molecule has 0 unspecified atom stereocenters. The number of fused-ring (bicyclic) bond motifs is 3. The van der Waals surface area contributed by atoms with Crippen LogP contribution in [-0.2, 0) is 20.0 Å². The molecule has 5 aromatic carbocycles. The fourth-order valence-corrected chi connectivity index (χ4v) is 7.87. The standard InChI is InChI=1S/C31H24N2O5S2/c1-20-31(21(2)34)29-19-26(32-39(35,36)27-14-11-22-7-3-5-9-24(22)17-27)13-16-30(29)33(20)40(37,38)28-15-12-23-8-4-6-10-25(23)18-28/h3-19,32H,1-2H3. The summed E-state index contributed by atoms with van der Waals surface area (Å²) in [5, 5.41) is 3.72. The third-order valence-electron chi connectivity index (χ3n) is 7.05. The Labute approximate surface area is 231 Å². The molecule has 0 saturated carbocycles. The number of Topliss-reactive ketones (excluding diaryl/α,β-unsaturated/α-hetero) is 1. The summed E-state index contributed by atoms with van der Waals surface area (Å²) in [5.74, 6) is -0.329. The number of rotatable bonds is 6. The van der Waals surface area contributed by atoms with Gasteiger partial charge >= 0.3 is 0 Å². The number of carbonyl (C=O) groups excluding carboxylic acids is 1. The molecule has 9 heteroatoms. The van der Waals surface area contributed by atoms with E-state index in [9.17, 15) is 21.6 Å². The van der Waals surface area contributed by atoms with Gasteiger partial charge in [-0.15, -0.1) is 0 Å². The smallest absolute Gasteiger partial charge is 0.268 e. The summed E-state index contributed by atoms with van der Waals surface area (Å²) in [6.45, 7) is 2.94. The molecule has 7 nitrogen and oxygen atoms in total. The van der Waals surface area contributed by atoms with Gasteiger partial charge in [0.05, 0.1) is 15.3 Å². The van der Waals surface area contributed by atoms with Crippen LogP contribution in [0.15, 0.2) is 113 Å². The first-order chi connectivity index (χ1) is 19.1. The minimum Gasteiger partial charge on any atom is -0.294 e. The van der Waals surface area contributed by atoms with E-state index in [4.69, 9.17) is 0 Å². The Hall–Kier alpha value is -4.47. The molecule has 0 atom stereocenters. The van der Waals surface area contributed by atoms with E-state index in [0.717, 1.165) is 25.5 Å². The van der Waals surface area contributed by atoms with Crippen LogP contribution in [0, 0.1) is 6.92 Å². The van der Waals surface area contributed by atoms with Crippen molar-refractivity contribution in [1.82, 2.24) is 3.97 Å². The summed E-state index contributed by atoms with van der Waals surface area (Å²) in [5.41, 5.74) is 0.962. The maximum absolute atomic E-state index is 13.9. The molecular formula is C31H24N2O5S2. The maximum Gasteiger partial charge on any atom is 0.268 e. The van der Waals surface area contributed by atoms with E-state index in [1.807, 2.05) is 48.5 Å². The zero-order valence-corrected chi connectivity index (χ0v) is 23.3. The van der Waals surface area contributed by atoms with Crippen molar-refractivity contribution in [2.75, 3.05) is 4.72 Å². The molecule has 0 amide bonds. The second-order valence-electron chi connectivity index (χ2n) is 9.64. The Balaban J connectivity index is 1.46. The number of carbonyl (C=O) groups is 1. The van der Waals surface area contributed by atoms with E-state index in [0.29, 0.717) is 5.39 Å². The highest BCUT2D eigenvalue weighted by Gasteiger charge is 2.27. The van der Waals surface area contributed by atoms with Gasteiger partial charge in [-0.1, -0.05) is 60.7 Å². The molecule has 200 valence electrons. The summed E-state index contributed by atoms with van der Waals surface area (Å²) < 4.78 is 58.0. The molecule has 1 heterocycles. The van der Waals surface area contributed by atoms with Crippen LogP contribution in [0.2, 0.25) is 0 Å². The fourth-order valence-electron chi connectivity index (χ4n) is 5.19. The minimum absolute atomic E-state index is 0.0855. The van der Waals surface area contributed by atoms with Gasteiger partial charge in [0.2, 0.25) is 0 Å². The quantitative estimate of drug-likeness (QED) is 0.231. The van der Waals surface area contributed by atoms with Crippen LogP contribution in [0.25, 0.3) is 32.4 Å². The van der Waals surface area contributed by atoms with Gasteiger partial charge in [0.15, 0.2) is 5.78 Å². The predicted molar refractivity (Wildman–Crippen MR) is 158 cm³/mol. The molecule has 0 bridgehead atoms. The molecule has 6 aromatic rings. The average Bonchev–Trinajstić information content (AvgIpc) is 3.24. The zero-order valence-electron chi connectivity index (χ0n) is 21.6. The Morgan fingerprint density at radius 1 is 0.675 bits per heavy atom. The molecule has 0 aliphatic carbocycles. The topological polar surface area (TPSA) is 102 Å². The lowest BCUT2D eigenvalue weighted by Crippen LogP contribution is -2.15. The monoisotopic (exact) mass is 568 g/mol. The lowest BCUT2D eigenvalue weighted by molar-refractivity contribution is 0.101. The number of nitrogens with one attached hydrogen (secondary N) is 1. The summed E-state index contributed by atoms with van der Waals surface area (Å²) in [4.78, 5) is 12.9.